The number of carbonyl (C=O) groups is 1. The Balaban J connectivity index is 1.70. The number of anilines is 2. The second-order valence-corrected chi connectivity index (χ2v) is 9.31. The lowest BCUT2D eigenvalue weighted by Gasteiger charge is -2.22. The largest absolute Gasteiger partial charge is 0.489 e. The molecule has 162 valence electrons. The minimum absolute atomic E-state index is 0.323. The molecule has 0 bridgehead atoms. The van der Waals surface area contributed by atoms with Crippen molar-refractivity contribution in [2.24, 2.45) is 0 Å². The van der Waals surface area contributed by atoms with Crippen molar-refractivity contribution >= 4 is 27.3 Å². The second kappa shape index (κ2) is 9.66. The first-order valence-corrected chi connectivity index (χ1v) is 11.7. The first-order chi connectivity index (χ1) is 14.7. The van der Waals surface area contributed by atoms with E-state index in [4.69, 9.17) is 4.74 Å². The number of hydrogen-bond acceptors (Lipinski definition) is 4. The summed E-state index contributed by atoms with van der Waals surface area (Å²) < 4.78 is 31.5. The molecule has 0 saturated heterocycles. The number of nitrogens with one attached hydrogen (secondary N) is 1. The smallest absolute Gasteiger partial charge is 0.245 e. The molecule has 7 heteroatoms. The number of amides is 1. The van der Waals surface area contributed by atoms with Gasteiger partial charge in [0, 0.05) is 5.69 Å². The van der Waals surface area contributed by atoms with Crippen LogP contribution in [0, 0.1) is 13.8 Å². The van der Waals surface area contributed by atoms with Gasteiger partial charge in [-0.05, 0) is 60.9 Å². The third-order valence-corrected chi connectivity index (χ3v) is 5.87. The highest BCUT2D eigenvalue weighted by Crippen LogP contribution is 2.23. The van der Waals surface area contributed by atoms with E-state index >= 15 is 0 Å². The number of carbonyl (C=O) groups excluding carboxylic acids is 1. The van der Waals surface area contributed by atoms with Gasteiger partial charge >= 0.3 is 0 Å². The van der Waals surface area contributed by atoms with Crippen LogP contribution >= 0.6 is 0 Å². The lowest BCUT2D eigenvalue weighted by atomic mass is 10.1. The highest BCUT2D eigenvalue weighted by molar-refractivity contribution is 7.92. The average molecular weight is 439 g/mol. The molecule has 0 aromatic heterocycles. The van der Waals surface area contributed by atoms with Crippen molar-refractivity contribution in [1.82, 2.24) is 0 Å². The number of sulfonamides is 1. The van der Waals surface area contributed by atoms with Crippen LogP contribution in [-0.4, -0.2) is 27.1 Å². The molecule has 31 heavy (non-hydrogen) atoms. The molecule has 0 radical (unpaired) electrons. The summed E-state index contributed by atoms with van der Waals surface area (Å²) in [7, 11) is -3.66. The SMILES string of the molecule is Cc1ccc(C)c(NC(=O)CN(c2ccc(OCc3ccccc3)cc2)S(C)(=O)=O)c1. The Morgan fingerprint density at radius 3 is 2.29 bits per heavy atom. The molecule has 0 heterocycles. The molecule has 0 spiro atoms. The van der Waals surface area contributed by atoms with Crippen LogP contribution in [0.25, 0.3) is 0 Å². The molecule has 1 amide bonds. The summed E-state index contributed by atoms with van der Waals surface area (Å²) in [4.78, 5) is 12.6. The Labute approximate surface area is 183 Å². The standard InChI is InChI=1S/C24H26N2O4S/c1-18-9-10-19(2)23(15-18)25-24(27)16-26(31(3,28)29)21-11-13-22(14-12-21)30-17-20-7-5-4-6-8-20/h4-15H,16-17H2,1-3H3,(H,25,27). The molecule has 1 N–H and O–H groups in total. The van der Waals surface area contributed by atoms with E-state index in [1.165, 1.54) is 0 Å². The van der Waals surface area contributed by atoms with Crippen LogP contribution in [0.1, 0.15) is 16.7 Å². The van der Waals surface area contributed by atoms with Crippen molar-refractivity contribution < 1.29 is 17.9 Å². The summed E-state index contributed by atoms with van der Waals surface area (Å²) in [6.07, 6.45) is 1.08. The molecule has 0 fully saturated rings. The fraction of sp³-hybridized carbons (Fsp3) is 0.208. The van der Waals surface area contributed by atoms with Gasteiger partial charge in [0.05, 0.1) is 11.9 Å². The van der Waals surface area contributed by atoms with Crippen LogP contribution < -0.4 is 14.4 Å². The lowest BCUT2D eigenvalue weighted by molar-refractivity contribution is -0.114. The Morgan fingerprint density at radius 2 is 1.65 bits per heavy atom. The third-order valence-electron chi connectivity index (χ3n) is 4.73. The predicted molar refractivity (Wildman–Crippen MR) is 124 cm³/mol. The van der Waals surface area contributed by atoms with Crippen LogP contribution in [0.4, 0.5) is 11.4 Å². The summed E-state index contributed by atoms with van der Waals surface area (Å²) in [6, 6.07) is 22.1. The molecule has 0 aliphatic carbocycles. The number of aryl methyl sites for hydroxylation is 2. The summed E-state index contributed by atoms with van der Waals surface area (Å²) in [5, 5.41) is 2.80. The maximum atomic E-state index is 12.6. The van der Waals surface area contributed by atoms with Crippen molar-refractivity contribution in [3.05, 3.63) is 89.5 Å². The molecule has 3 aromatic carbocycles. The molecule has 0 saturated carbocycles. The zero-order valence-corrected chi connectivity index (χ0v) is 18.6. The van der Waals surface area contributed by atoms with Gasteiger partial charge in [0.15, 0.2) is 0 Å². The van der Waals surface area contributed by atoms with E-state index in [0.717, 1.165) is 27.3 Å². The molecular formula is C24H26N2O4S. The summed E-state index contributed by atoms with van der Waals surface area (Å²) in [5.41, 5.74) is 4.01. The van der Waals surface area contributed by atoms with Crippen LogP contribution in [-0.2, 0) is 21.4 Å². The van der Waals surface area contributed by atoms with Gasteiger partial charge in [-0.3, -0.25) is 9.10 Å². The van der Waals surface area contributed by atoms with Crippen LogP contribution in [0.2, 0.25) is 0 Å². The Morgan fingerprint density at radius 1 is 0.968 bits per heavy atom. The third kappa shape index (κ3) is 6.33. The van der Waals surface area contributed by atoms with Crippen molar-refractivity contribution in [3.63, 3.8) is 0 Å². The molecule has 0 aliphatic heterocycles. The van der Waals surface area contributed by atoms with Crippen molar-refractivity contribution in [1.29, 1.82) is 0 Å². The molecule has 0 aliphatic rings. The Bertz CT molecular complexity index is 1140. The van der Waals surface area contributed by atoms with Crippen LogP contribution in [0.15, 0.2) is 72.8 Å². The minimum Gasteiger partial charge on any atom is -0.489 e. The van der Waals surface area contributed by atoms with E-state index < -0.39 is 15.9 Å². The van der Waals surface area contributed by atoms with Gasteiger partial charge in [-0.15, -0.1) is 0 Å². The molecule has 0 unspecified atom stereocenters. The summed E-state index contributed by atoms with van der Waals surface area (Å²) in [6.45, 7) is 3.90. The highest BCUT2D eigenvalue weighted by atomic mass is 32.2. The quantitative estimate of drug-likeness (QED) is 0.569. The Kier molecular flexibility index (Phi) is 6.97. The van der Waals surface area contributed by atoms with Gasteiger partial charge in [-0.25, -0.2) is 8.42 Å². The van der Waals surface area contributed by atoms with Gasteiger partial charge in [0.2, 0.25) is 15.9 Å². The van der Waals surface area contributed by atoms with Gasteiger partial charge in [0.25, 0.3) is 0 Å². The van der Waals surface area contributed by atoms with Gasteiger partial charge in [0.1, 0.15) is 18.9 Å². The predicted octanol–water partition coefficient (Wildman–Crippen LogP) is 4.29. The number of rotatable bonds is 8. The zero-order valence-electron chi connectivity index (χ0n) is 17.8. The zero-order chi connectivity index (χ0) is 22.4. The Hall–Kier alpha value is -3.32. The lowest BCUT2D eigenvalue weighted by Crippen LogP contribution is -2.37. The monoisotopic (exact) mass is 438 g/mol. The first kappa shape index (κ1) is 22.4. The van der Waals surface area contributed by atoms with Crippen molar-refractivity contribution in [2.45, 2.75) is 20.5 Å². The molecule has 3 rings (SSSR count). The van der Waals surface area contributed by atoms with E-state index in [9.17, 15) is 13.2 Å². The van der Waals surface area contributed by atoms with Crippen LogP contribution in [0.5, 0.6) is 5.75 Å². The van der Waals surface area contributed by atoms with E-state index in [1.807, 2.05) is 62.4 Å². The van der Waals surface area contributed by atoms with E-state index in [-0.39, 0.29) is 6.54 Å². The normalized spacial score (nSPS) is 11.1. The average Bonchev–Trinajstić information content (AvgIpc) is 2.73. The number of ether oxygens (including phenoxy) is 1. The fourth-order valence-corrected chi connectivity index (χ4v) is 3.90. The number of hydrogen-bond donors (Lipinski definition) is 1. The fourth-order valence-electron chi connectivity index (χ4n) is 3.04. The van der Waals surface area contributed by atoms with Crippen molar-refractivity contribution in [2.75, 3.05) is 22.4 Å². The molecule has 3 aromatic rings. The van der Waals surface area contributed by atoms with Gasteiger partial charge in [-0.1, -0.05) is 42.5 Å². The van der Waals surface area contributed by atoms with Gasteiger partial charge < -0.3 is 10.1 Å². The first-order valence-electron chi connectivity index (χ1n) is 9.84. The number of nitrogens with zero attached hydrogens (tertiary/aromatic N) is 1. The number of benzene rings is 3. The van der Waals surface area contributed by atoms with Crippen molar-refractivity contribution in [3.8, 4) is 5.75 Å². The summed E-state index contributed by atoms with van der Waals surface area (Å²) >= 11 is 0. The maximum Gasteiger partial charge on any atom is 0.245 e. The second-order valence-electron chi connectivity index (χ2n) is 7.40. The molecular weight excluding hydrogens is 412 g/mol. The minimum atomic E-state index is -3.66. The highest BCUT2D eigenvalue weighted by Gasteiger charge is 2.21. The molecule has 0 atom stereocenters. The van der Waals surface area contributed by atoms with E-state index in [1.54, 1.807) is 24.3 Å². The summed E-state index contributed by atoms with van der Waals surface area (Å²) in [5.74, 6) is 0.199. The van der Waals surface area contributed by atoms with Gasteiger partial charge in [-0.2, -0.15) is 0 Å². The topological polar surface area (TPSA) is 75.7 Å². The molecule has 6 nitrogen and oxygen atoms in total. The van der Waals surface area contributed by atoms with E-state index in [2.05, 4.69) is 5.32 Å². The van der Waals surface area contributed by atoms with Crippen LogP contribution in [0.3, 0.4) is 0 Å². The van der Waals surface area contributed by atoms with E-state index in [0.29, 0.717) is 23.7 Å². The maximum absolute atomic E-state index is 12.6.